The van der Waals surface area contributed by atoms with Gasteiger partial charge in [-0.1, -0.05) is 91.9 Å². The van der Waals surface area contributed by atoms with Crippen molar-refractivity contribution in [2.75, 3.05) is 0 Å². The molecule has 116 valence electrons. The summed E-state index contributed by atoms with van der Waals surface area (Å²) in [5.41, 5.74) is 0.0965. The summed E-state index contributed by atoms with van der Waals surface area (Å²) in [6, 6.07) is 0. The first-order chi connectivity index (χ1) is 9.04. The van der Waals surface area contributed by atoms with E-state index in [1.807, 2.05) is 0 Å². The van der Waals surface area contributed by atoms with E-state index in [1.54, 1.807) is 0 Å². The molecule has 1 unspecified atom stereocenters. The monoisotopic (exact) mass is 270 g/mol. The van der Waals surface area contributed by atoms with Crippen molar-refractivity contribution in [2.45, 2.75) is 111 Å². The molecule has 1 heteroatoms. The molecule has 0 rings (SSSR count). The summed E-state index contributed by atoms with van der Waals surface area (Å²) in [4.78, 5) is 0. The highest BCUT2D eigenvalue weighted by atomic mass is 16.3. The van der Waals surface area contributed by atoms with E-state index in [-0.39, 0.29) is 11.5 Å². The van der Waals surface area contributed by atoms with Crippen LogP contribution in [0.4, 0.5) is 0 Å². The van der Waals surface area contributed by atoms with Crippen molar-refractivity contribution < 1.29 is 5.11 Å². The maximum absolute atomic E-state index is 10.1. The third kappa shape index (κ3) is 10.4. The van der Waals surface area contributed by atoms with Crippen LogP contribution in [0.15, 0.2) is 0 Å². The lowest BCUT2D eigenvalue weighted by Gasteiger charge is -2.29. The van der Waals surface area contributed by atoms with Gasteiger partial charge in [-0.3, -0.25) is 0 Å². The molecular weight excluding hydrogens is 232 g/mol. The topological polar surface area (TPSA) is 20.2 Å². The van der Waals surface area contributed by atoms with E-state index < -0.39 is 0 Å². The number of aliphatic hydroxyl groups is 1. The third-order valence-corrected chi connectivity index (χ3v) is 4.64. The summed E-state index contributed by atoms with van der Waals surface area (Å²) in [5.74, 6) is 0. The van der Waals surface area contributed by atoms with Gasteiger partial charge in [0, 0.05) is 0 Å². The summed E-state index contributed by atoms with van der Waals surface area (Å²) in [5, 5.41) is 10.1. The highest BCUT2D eigenvalue weighted by Crippen LogP contribution is 2.28. The molecule has 1 N–H and O–H groups in total. The van der Waals surface area contributed by atoms with Crippen LogP contribution in [0.25, 0.3) is 0 Å². The van der Waals surface area contributed by atoms with Gasteiger partial charge < -0.3 is 5.11 Å². The molecule has 0 amide bonds. The molecule has 0 aliphatic rings. The first kappa shape index (κ1) is 19.0. The van der Waals surface area contributed by atoms with Gasteiger partial charge in [-0.15, -0.1) is 0 Å². The molecule has 1 atom stereocenters. The molecule has 0 aliphatic carbocycles. The Labute approximate surface area is 122 Å². The summed E-state index contributed by atoms with van der Waals surface area (Å²) >= 11 is 0. The summed E-state index contributed by atoms with van der Waals surface area (Å²) in [6.07, 6.45) is 15.6. The molecule has 0 saturated heterocycles. The van der Waals surface area contributed by atoms with E-state index in [0.29, 0.717) is 0 Å². The second-order valence-corrected chi connectivity index (χ2v) is 6.83. The van der Waals surface area contributed by atoms with Crippen molar-refractivity contribution in [1.29, 1.82) is 0 Å². The van der Waals surface area contributed by atoms with Crippen LogP contribution in [0.3, 0.4) is 0 Å². The molecule has 0 aromatic carbocycles. The molecule has 19 heavy (non-hydrogen) atoms. The van der Waals surface area contributed by atoms with Crippen LogP contribution in [0.2, 0.25) is 0 Å². The standard InChI is InChI=1S/C18H38O/c1-5-7-8-9-10-11-12-13-14-15-16-17(19)18(3,4)6-2/h17,19H,5-16H2,1-4H3. The Morgan fingerprint density at radius 1 is 0.737 bits per heavy atom. The van der Waals surface area contributed by atoms with Crippen molar-refractivity contribution >= 4 is 0 Å². The van der Waals surface area contributed by atoms with Gasteiger partial charge in [-0.05, 0) is 18.3 Å². The summed E-state index contributed by atoms with van der Waals surface area (Å²) < 4.78 is 0. The number of hydrogen-bond donors (Lipinski definition) is 1. The zero-order valence-corrected chi connectivity index (χ0v) is 14.0. The molecule has 1 nitrogen and oxygen atoms in total. The van der Waals surface area contributed by atoms with Crippen molar-refractivity contribution in [2.24, 2.45) is 5.41 Å². The van der Waals surface area contributed by atoms with Gasteiger partial charge in [0.25, 0.3) is 0 Å². The lowest BCUT2D eigenvalue weighted by Crippen LogP contribution is -2.28. The van der Waals surface area contributed by atoms with Crippen molar-refractivity contribution in [3.8, 4) is 0 Å². The molecule has 0 spiro atoms. The van der Waals surface area contributed by atoms with Gasteiger partial charge in [0.1, 0.15) is 0 Å². The quantitative estimate of drug-likeness (QED) is 0.401. The van der Waals surface area contributed by atoms with Crippen molar-refractivity contribution in [3.63, 3.8) is 0 Å². The van der Waals surface area contributed by atoms with E-state index in [4.69, 9.17) is 0 Å². The zero-order chi connectivity index (χ0) is 14.6. The molecule has 0 aromatic heterocycles. The Bertz CT molecular complexity index is 186. The van der Waals surface area contributed by atoms with Gasteiger partial charge >= 0.3 is 0 Å². The average molecular weight is 271 g/mol. The summed E-state index contributed by atoms with van der Waals surface area (Å²) in [6.45, 7) is 8.79. The highest BCUT2D eigenvalue weighted by Gasteiger charge is 2.24. The minimum Gasteiger partial charge on any atom is -0.393 e. The van der Waals surface area contributed by atoms with E-state index in [2.05, 4.69) is 27.7 Å². The third-order valence-electron chi connectivity index (χ3n) is 4.64. The van der Waals surface area contributed by atoms with E-state index in [9.17, 15) is 5.11 Å². The molecule has 0 heterocycles. The first-order valence-corrected chi connectivity index (χ1v) is 8.72. The maximum Gasteiger partial charge on any atom is 0.0591 e. The molecule has 0 bridgehead atoms. The normalized spacial score (nSPS) is 13.7. The second-order valence-electron chi connectivity index (χ2n) is 6.83. The van der Waals surface area contributed by atoms with Gasteiger partial charge in [0.05, 0.1) is 6.10 Å². The fourth-order valence-corrected chi connectivity index (χ4v) is 2.45. The lowest BCUT2D eigenvalue weighted by molar-refractivity contribution is 0.0384. The van der Waals surface area contributed by atoms with Crippen LogP contribution in [-0.2, 0) is 0 Å². The Kier molecular flexibility index (Phi) is 11.7. The SMILES string of the molecule is CCCCCCCCCCCCC(O)C(C)(C)CC. The number of rotatable bonds is 13. The average Bonchev–Trinajstić information content (AvgIpc) is 2.40. The Morgan fingerprint density at radius 3 is 1.58 bits per heavy atom. The smallest absolute Gasteiger partial charge is 0.0591 e. The van der Waals surface area contributed by atoms with Gasteiger partial charge in [0.15, 0.2) is 0 Å². The van der Waals surface area contributed by atoms with Crippen LogP contribution in [0, 0.1) is 5.41 Å². The molecule has 0 aromatic rings. The van der Waals surface area contributed by atoms with Gasteiger partial charge in [-0.25, -0.2) is 0 Å². The maximum atomic E-state index is 10.1. The predicted molar refractivity (Wildman–Crippen MR) is 86.5 cm³/mol. The minimum atomic E-state index is -0.119. The Balaban J connectivity index is 3.27. The van der Waals surface area contributed by atoms with Crippen LogP contribution in [-0.4, -0.2) is 11.2 Å². The van der Waals surface area contributed by atoms with Crippen LogP contribution in [0.1, 0.15) is 105 Å². The number of hydrogen-bond acceptors (Lipinski definition) is 1. The van der Waals surface area contributed by atoms with Crippen molar-refractivity contribution in [3.05, 3.63) is 0 Å². The van der Waals surface area contributed by atoms with E-state index in [1.165, 1.54) is 64.2 Å². The van der Waals surface area contributed by atoms with Gasteiger partial charge in [0.2, 0.25) is 0 Å². The lowest BCUT2D eigenvalue weighted by atomic mass is 9.81. The summed E-state index contributed by atoms with van der Waals surface area (Å²) in [7, 11) is 0. The molecule has 0 fully saturated rings. The van der Waals surface area contributed by atoms with E-state index >= 15 is 0 Å². The van der Waals surface area contributed by atoms with Crippen molar-refractivity contribution in [1.82, 2.24) is 0 Å². The van der Waals surface area contributed by atoms with Crippen LogP contribution >= 0.6 is 0 Å². The Hall–Kier alpha value is -0.0400. The van der Waals surface area contributed by atoms with Crippen LogP contribution in [0.5, 0.6) is 0 Å². The molecular formula is C18H38O. The van der Waals surface area contributed by atoms with Crippen LogP contribution < -0.4 is 0 Å². The van der Waals surface area contributed by atoms with Gasteiger partial charge in [-0.2, -0.15) is 0 Å². The number of aliphatic hydroxyl groups excluding tert-OH is 1. The fraction of sp³-hybridized carbons (Fsp3) is 1.00. The predicted octanol–water partition coefficient (Wildman–Crippen LogP) is 6.09. The largest absolute Gasteiger partial charge is 0.393 e. The molecule has 0 radical (unpaired) electrons. The fourth-order valence-electron chi connectivity index (χ4n) is 2.45. The minimum absolute atomic E-state index is 0.0965. The highest BCUT2D eigenvalue weighted by molar-refractivity contribution is 4.75. The Morgan fingerprint density at radius 2 is 1.16 bits per heavy atom. The van der Waals surface area contributed by atoms with E-state index in [0.717, 1.165) is 12.8 Å². The molecule has 0 saturated carbocycles. The zero-order valence-electron chi connectivity index (χ0n) is 14.0. The number of unbranched alkanes of at least 4 members (excludes halogenated alkanes) is 9. The first-order valence-electron chi connectivity index (χ1n) is 8.72. The molecule has 0 aliphatic heterocycles. The second kappa shape index (κ2) is 11.8.